The number of halogens is 1. The Bertz CT molecular complexity index is 1060. The van der Waals surface area contributed by atoms with E-state index in [2.05, 4.69) is 26.3 Å². The number of ether oxygens (including phenoxy) is 3. The zero-order valence-electron chi connectivity index (χ0n) is 16.9. The van der Waals surface area contributed by atoms with Crippen molar-refractivity contribution in [1.82, 2.24) is 9.78 Å². The summed E-state index contributed by atoms with van der Waals surface area (Å²) in [5, 5.41) is 7.11. The van der Waals surface area contributed by atoms with Gasteiger partial charge in [0.2, 0.25) is 5.91 Å². The Morgan fingerprint density at radius 3 is 2.67 bits per heavy atom. The van der Waals surface area contributed by atoms with Gasteiger partial charge < -0.3 is 19.5 Å². The normalized spacial score (nSPS) is 10.8. The van der Waals surface area contributed by atoms with Crippen LogP contribution in [0.15, 0.2) is 59.3 Å². The molecule has 1 N–H and O–H groups in total. The maximum absolute atomic E-state index is 12.3. The van der Waals surface area contributed by atoms with Crippen molar-refractivity contribution in [3.8, 4) is 17.2 Å². The van der Waals surface area contributed by atoms with Crippen molar-refractivity contribution in [2.75, 3.05) is 26.6 Å². The number of para-hydroxylation sites is 1. The summed E-state index contributed by atoms with van der Waals surface area (Å²) in [6.07, 6.45) is 6.50. The first kappa shape index (κ1) is 21.4. The monoisotopic (exact) mass is 471 g/mol. The third kappa shape index (κ3) is 5.21. The molecule has 0 fully saturated rings. The number of amides is 1. The predicted molar refractivity (Wildman–Crippen MR) is 119 cm³/mol. The number of carbonyl (C=O) groups is 1. The standard InChI is InChI=1S/C22H22BrN3O4/c1-28-19-9-8-17(23)11-15(19)7-10-21(27)25-18-12-24-26(14-18)13-16-5-4-6-20(29-2)22(16)30-3/h4-12,14H,13H2,1-3H3,(H,25,27). The van der Waals surface area contributed by atoms with Crippen molar-refractivity contribution in [1.29, 1.82) is 0 Å². The molecule has 1 heterocycles. The fourth-order valence-electron chi connectivity index (χ4n) is 2.95. The molecule has 0 spiro atoms. The summed E-state index contributed by atoms with van der Waals surface area (Å²) in [7, 11) is 4.79. The number of nitrogens with zero attached hydrogens (tertiary/aromatic N) is 2. The van der Waals surface area contributed by atoms with Gasteiger partial charge in [-0.3, -0.25) is 9.48 Å². The third-order valence-electron chi connectivity index (χ3n) is 4.32. The van der Waals surface area contributed by atoms with Crippen LogP contribution in [0.5, 0.6) is 17.2 Å². The summed E-state index contributed by atoms with van der Waals surface area (Å²) in [5.41, 5.74) is 2.30. The van der Waals surface area contributed by atoms with Crippen LogP contribution in [0.2, 0.25) is 0 Å². The molecule has 2 aromatic carbocycles. The molecule has 7 nitrogen and oxygen atoms in total. The van der Waals surface area contributed by atoms with Gasteiger partial charge in [0.05, 0.1) is 39.8 Å². The van der Waals surface area contributed by atoms with E-state index in [-0.39, 0.29) is 5.91 Å². The van der Waals surface area contributed by atoms with Gasteiger partial charge in [0.1, 0.15) is 5.75 Å². The molecule has 0 aliphatic heterocycles. The summed E-state index contributed by atoms with van der Waals surface area (Å²) in [4.78, 5) is 12.3. The van der Waals surface area contributed by atoms with E-state index in [1.807, 2.05) is 36.4 Å². The van der Waals surface area contributed by atoms with Crippen LogP contribution in [-0.2, 0) is 11.3 Å². The molecule has 3 aromatic rings. The van der Waals surface area contributed by atoms with Crippen LogP contribution in [0.3, 0.4) is 0 Å². The first-order chi connectivity index (χ1) is 14.5. The van der Waals surface area contributed by atoms with Gasteiger partial charge in [-0.15, -0.1) is 0 Å². The van der Waals surface area contributed by atoms with E-state index in [1.165, 1.54) is 6.08 Å². The van der Waals surface area contributed by atoms with Crippen molar-refractivity contribution < 1.29 is 19.0 Å². The number of methoxy groups -OCH3 is 3. The zero-order chi connectivity index (χ0) is 21.5. The molecule has 1 aromatic heterocycles. The second-order valence-corrected chi connectivity index (χ2v) is 7.20. The van der Waals surface area contributed by atoms with Crippen molar-refractivity contribution >= 4 is 33.6 Å². The Kier molecular flexibility index (Phi) is 7.13. The first-order valence-electron chi connectivity index (χ1n) is 9.09. The molecule has 156 valence electrons. The van der Waals surface area contributed by atoms with E-state index in [0.29, 0.717) is 29.5 Å². The zero-order valence-corrected chi connectivity index (χ0v) is 18.5. The number of aromatic nitrogens is 2. The Morgan fingerprint density at radius 1 is 1.13 bits per heavy atom. The van der Waals surface area contributed by atoms with Crippen molar-refractivity contribution in [2.45, 2.75) is 6.54 Å². The molecule has 0 saturated heterocycles. The average Bonchev–Trinajstić information content (AvgIpc) is 3.18. The minimum atomic E-state index is -0.268. The van der Waals surface area contributed by atoms with Crippen LogP contribution < -0.4 is 19.5 Å². The predicted octanol–water partition coefficient (Wildman–Crippen LogP) is 4.37. The van der Waals surface area contributed by atoms with E-state index in [9.17, 15) is 4.79 Å². The average molecular weight is 472 g/mol. The Hall–Kier alpha value is -3.26. The van der Waals surface area contributed by atoms with E-state index in [1.54, 1.807) is 44.5 Å². The van der Waals surface area contributed by atoms with Crippen LogP contribution in [-0.4, -0.2) is 37.0 Å². The minimum absolute atomic E-state index is 0.268. The fraction of sp³-hybridized carbons (Fsp3) is 0.182. The summed E-state index contributed by atoms with van der Waals surface area (Å²) in [6, 6.07) is 11.3. The van der Waals surface area contributed by atoms with E-state index in [0.717, 1.165) is 15.6 Å². The Labute approximate surface area is 183 Å². The molecular weight excluding hydrogens is 450 g/mol. The van der Waals surface area contributed by atoms with E-state index >= 15 is 0 Å². The van der Waals surface area contributed by atoms with Gasteiger partial charge in [0.25, 0.3) is 0 Å². The lowest BCUT2D eigenvalue weighted by Gasteiger charge is -2.12. The molecule has 0 radical (unpaired) electrons. The number of hydrogen-bond donors (Lipinski definition) is 1. The lowest BCUT2D eigenvalue weighted by molar-refractivity contribution is -0.111. The number of hydrogen-bond acceptors (Lipinski definition) is 5. The number of anilines is 1. The summed E-state index contributed by atoms with van der Waals surface area (Å²) < 4.78 is 18.7. The molecule has 3 rings (SSSR count). The highest BCUT2D eigenvalue weighted by Crippen LogP contribution is 2.31. The van der Waals surface area contributed by atoms with Gasteiger partial charge in [-0.1, -0.05) is 28.1 Å². The highest BCUT2D eigenvalue weighted by Gasteiger charge is 2.11. The first-order valence-corrected chi connectivity index (χ1v) is 9.88. The molecule has 0 bridgehead atoms. The topological polar surface area (TPSA) is 74.6 Å². The second kappa shape index (κ2) is 9.98. The Balaban J connectivity index is 1.67. The largest absolute Gasteiger partial charge is 0.496 e. The van der Waals surface area contributed by atoms with Crippen LogP contribution in [0.4, 0.5) is 5.69 Å². The van der Waals surface area contributed by atoms with Crippen molar-refractivity contribution in [3.05, 3.63) is 70.5 Å². The minimum Gasteiger partial charge on any atom is -0.496 e. The maximum Gasteiger partial charge on any atom is 0.248 e. The molecule has 0 saturated carbocycles. The van der Waals surface area contributed by atoms with Crippen LogP contribution in [0.25, 0.3) is 6.08 Å². The highest BCUT2D eigenvalue weighted by atomic mass is 79.9. The summed E-state index contributed by atoms with van der Waals surface area (Å²) in [6.45, 7) is 0.474. The van der Waals surface area contributed by atoms with Crippen LogP contribution in [0.1, 0.15) is 11.1 Å². The lowest BCUT2D eigenvalue weighted by Crippen LogP contribution is -2.07. The van der Waals surface area contributed by atoms with Gasteiger partial charge in [0, 0.05) is 27.9 Å². The quantitative estimate of drug-likeness (QED) is 0.493. The molecule has 8 heteroatoms. The fourth-order valence-corrected chi connectivity index (χ4v) is 3.33. The number of carbonyl (C=O) groups excluding carboxylic acids is 1. The van der Waals surface area contributed by atoms with Crippen molar-refractivity contribution in [2.24, 2.45) is 0 Å². The van der Waals surface area contributed by atoms with Crippen molar-refractivity contribution in [3.63, 3.8) is 0 Å². The summed E-state index contributed by atoms with van der Waals surface area (Å²) in [5.74, 6) is 1.73. The molecule has 30 heavy (non-hydrogen) atoms. The number of nitrogens with one attached hydrogen (secondary N) is 1. The van der Waals surface area contributed by atoms with Gasteiger partial charge in [0.15, 0.2) is 11.5 Å². The van der Waals surface area contributed by atoms with Crippen LogP contribution >= 0.6 is 15.9 Å². The molecule has 0 atom stereocenters. The van der Waals surface area contributed by atoms with Gasteiger partial charge in [-0.05, 0) is 30.3 Å². The van der Waals surface area contributed by atoms with Crippen LogP contribution in [0, 0.1) is 0 Å². The molecule has 0 aliphatic rings. The maximum atomic E-state index is 12.3. The molecule has 0 unspecified atom stereocenters. The highest BCUT2D eigenvalue weighted by molar-refractivity contribution is 9.10. The van der Waals surface area contributed by atoms with Gasteiger partial charge in [-0.2, -0.15) is 5.10 Å². The Morgan fingerprint density at radius 2 is 1.93 bits per heavy atom. The third-order valence-corrected chi connectivity index (χ3v) is 4.82. The SMILES string of the molecule is COc1ccc(Br)cc1C=CC(=O)Nc1cnn(Cc2cccc(OC)c2OC)c1. The lowest BCUT2D eigenvalue weighted by atomic mass is 10.2. The number of benzene rings is 2. The van der Waals surface area contributed by atoms with Gasteiger partial charge >= 0.3 is 0 Å². The summed E-state index contributed by atoms with van der Waals surface area (Å²) >= 11 is 3.42. The number of rotatable bonds is 8. The van der Waals surface area contributed by atoms with E-state index in [4.69, 9.17) is 14.2 Å². The van der Waals surface area contributed by atoms with E-state index < -0.39 is 0 Å². The molecule has 1 amide bonds. The smallest absolute Gasteiger partial charge is 0.248 e. The molecular formula is C22H22BrN3O4. The second-order valence-electron chi connectivity index (χ2n) is 6.29. The van der Waals surface area contributed by atoms with Gasteiger partial charge in [-0.25, -0.2) is 0 Å². The molecule has 0 aliphatic carbocycles.